The molecule has 20 heavy (non-hydrogen) atoms. The molecule has 1 aromatic carbocycles. The third kappa shape index (κ3) is 3.83. The van der Waals surface area contributed by atoms with Crippen molar-refractivity contribution < 1.29 is 9.53 Å². The lowest BCUT2D eigenvalue weighted by atomic mass is 10.0. The average molecular weight is 272 g/mol. The molecule has 1 aliphatic heterocycles. The number of ether oxygens (including phenoxy) is 1. The van der Waals surface area contributed by atoms with Crippen LogP contribution in [0.25, 0.3) is 0 Å². The highest BCUT2D eigenvalue weighted by Crippen LogP contribution is 2.17. The maximum absolute atomic E-state index is 12.0. The number of rotatable bonds is 3. The van der Waals surface area contributed by atoms with Crippen LogP contribution in [0.2, 0.25) is 0 Å². The Morgan fingerprint density at radius 3 is 3.15 bits per heavy atom. The Labute approximate surface area is 119 Å². The molecule has 0 aromatic heterocycles. The van der Waals surface area contributed by atoms with E-state index < -0.39 is 0 Å². The van der Waals surface area contributed by atoms with Gasteiger partial charge in [0.25, 0.3) is 0 Å². The summed E-state index contributed by atoms with van der Waals surface area (Å²) in [4.78, 5) is 12.0. The summed E-state index contributed by atoms with van der Waals surface area (Å²) in [6.07, 6.45) is 1.47. The number of nitrogens with one attached hydrogen (secondary N) is 1. The van der Waals surface area contributed by atoms with Crippen molar-refractivity contribution in [1.29, 1.82) is 0 Å². The second-order valence-corrected chi connectivity index (χ2v) is 4.86. The first-order valence-corrected chi connectivity index (χ1v) is 6.91. The summed E-state index contributed by atoms with van der Waals surface area (Å²) >= 11 is 0. The summed E-state index contributed by atoms with van der Waals surface area (Å²) in [5.74, 6) is 5.79. The largest absolute Gasteiger partial charge is 0.368 e. The maximum atomic E-state index is 12.0. The molecule has 0 saturated carbocycles. The molecule has 4 heteroatoms. The fourth-order valence-electron chi connectivity index (χ4n) is 2.21. The Bertz CT molecular complexity index is 525. The van der Waals surface area contributed by atoms with Crippen molar-refractivity contribution in [2.75, 3.05) is 13.2 Å². The second kappa shape index (κ2) is 7.09. The lowest BCUT2D eigenvalue weighted by molar-refractivity contribution is -0.130. The van der Waals surface area contributed by atoms with Gasteiger partial charge in [-0.1, -0.05) is 24.0 Å². The fraction of sp³-hybridized carbons (Fsp3) is 0.438. The van der Waals surface area contributed by atoms with E-state index in [-0.39, 0.29) is 18.1 Å². The van der Waals surface area contributed by atoms with E-state index in [9.17, 15) is 4.79 Å². The van der Waals surface area contributed by atoms with Crippen molar-refractivity contribution in [2.45, 2.75) is 31.9 Å². The number of carbonyl (C=O) groups excluding carboxylic acids is 1. The molecule has 1 amide bonds. The molecule has 0 aliphatic carbocycles. The van der Waals surface area contributed by atoms with Crippen LogP contribution in [0.3, 0.4) is 0 Å². The quantitative estimate of drug-likeness (QED) is 0.816. The zero-order valence-corrected chi connectivity index (χ0v) is 11.7. The third-order valence-electron chi connectivity index (χ3n) is 3.30. The molecule has 3 N–H and O–H groups in total. The van der Waals surface area contributed by atoms with Crippen LogP contribution in [0.4, 0.5) is 0 Å². The van der Waals surface area contributed by atoms with Crippen LogP contribution >= 0.6 is 0 Å². The first-order valence-electron chi connectivity index (χ1n) is 6.91. The molecule has 1 heterocycles. The predicted molar refractivity (Wildman–Crippen MR) is 77.9 cm³/mol. The molecule has 0 radical (unpaired) electrons. The minimum atomic E-state index is -0.294. The number of amides is 1. The lowest BCUT2D eigenvalue weighted by Gasteiger charge is -2.17. The monoisotopic (exact) mass is 272 g/mol. The summed E-state index contributed by atoms with van der Waals surface area (Å²) in [5.41, 5.74) is 7.30. The van der Waals surface area contributed by atoms with Gasteiger partial charge in [0.2, 0.25) is 5.91 Å². The van der Waals surface area contributed by atoms with Crippen molar-refractivity contribution >= 4 is 5.91 Å². The summed E-state index contributed by atoms with van der Waals surface area (Å²) in [7, 11) is 0. The molecule has 106 valence electrons. The van der Waals surface area contributed by atoms with E-state index in [0.29, 0.717) is 13.2 Å². The van der Waals surface area contributed by atoms with Crippen LogP contribution in [0, 0.1) is 11.8 Å². The number of nitrogens with two attached hydrogens (primary N) is 1. The van der Waals surface area contributed by atoms with Gasteiger partial charge in [0, 0.05) is 12.2 Å². The van der Waals surface area contributed by atoms with Gasteiger partial charge >= 0.3 is 0 Å². The SMILES string of the molecule is CC(NC(=O)C1CCCO1)c1cccc(C#CCN)c1. The van der Waals surface area contributed by atoms with E-state index in [0.717, 1.165) is 24.0 Å². The fourth-order valence-corrected chi connectivity index (χ4v) is 2.21. The molecule has 1 fully saturated rings. The van der Waals surface area contributed by atoms with Gasteiger partial charge in [-0.15, -0.1) is 0 Å². The molecule has 2 atom stereocenters. The normalized spacial score (nSPS) is 19.0. The van der Waals surface area contributed by atoms with Crippen LogP contribution in [0.5, 0.6) is 0 Å². The van der Waals surface area contributed by atoms with Gasteiger partial charge < -0.3 is 15.8 Å². The summed E-state index contributed by atoms with van der Waals surface area (Å²) < 4.78 is 5.38. The molecule has 2 rings (SSSR count). The maximum Gasteiger partial charge on any atom is 0.249 e. The highest BCUT2D eigenvalue weighted by molar-refractivity contribution is 5.81. The van der Waals surface area contributed by atoms with Crippen LogP contribution in [0.1, 0.15) is 36.9 Å². The molecular weight excluding hydrogens is 252 g/mol. The number of benzene rings is 1. The molecule has 2 unspecified atom stereocenters. The number of hydrogen-bond acceptors (Lipinski definition) is 3. The van der Waals surface area contributed by atoms with Crippen LogP contribution < -0.4 is 11.1 Å². The lowest BCUT2D eigenvalue weighted by Crippen LogP contribution is -2.35. The standard InChI is InChI=1S/C16H20N2O2/c1-12(18-16(19)15-8-4-10-20-15)14-7-2-5-13(11-14)6-3-9-17/h2,5,7,11-12,15H,4,8-10,17H2,1H3,(H,18,19). The first-order chi connectivity index (χ1) is 9.70. The first kappa shape index (κ1) is 14.6. The van der Waals surface area contributed by atoms with Crippen molar-refractivity contribution in [3.63, 3.8) is 0 Å². The average Bonchev–Trinajstić information content (AvgIpc) is 2.99. The topological polar surface area (TPSA) is 64.3 Å². The van der Waals surface area contributed by atoms with Gasteiger partial charge in [0.1, 0.15) is 6.10 Å². The minimum Gasteiger partial charge on any atom is -0.368 e. The van der Waals surface area contributed by atoms with E-state index in [4.69, 9.17) is 10.5 Å². The second-order valence-electron chi connectivity index (χ2n) is 4.86. The summed E-state index contributed by atoms with van der Waals surface area (Å²) in [5, 5.41) is 2.98. The smallest absolute Gasteiger partial charge is 0.249 e. The minimum absolute atomic E-state index is 0.0338. The van der Waals surface area contributed by atoms with Gasteiger partial charge in [-0.25, -0.2) is 0 Å². The molecule has 1 aliphatic rings. The summed E-state index contributed by atoms with van der Waals surface area (Å²) in [6, 6.07) is 7.76. The van der Waals surface area contributed by atoms with E-state index >= 15 is 0 Å². The van der Waals surface area contributed by atoms with Crippen LogP contribution in [-0.2, 0) is 9.53 Å². The van der Waals surface area contributed by atoms with Crippen molar-refractivity contribution in [3.05, 3.63) is 35.4 Å². The Hall–Kier alpha value is -1.83. The third-order valence-corrected chi connectivity index (χ3v) is 3.30. The Morgan fingerprint density at radius 1 is 1.60 bits per heavy atom. The molecule has 0 bridgehead atoms. The Morgan fingerprint density at radius 2 is 2.45 bits per heavy atom. The summed E-state index contributed by atoms with van der Waals surface area (Å²) in [6.45, 7) is 2.98. The van der Waals surface area contributed by atoms with Crippen molar-refractivity contribution in [1.82, 2.24) is 5.32 Å². The molecule has 1 saturated heterocycles. The predicted octanol–water partition coefficient (Wildman–Crippen LogP) is 1.35. The zero-order chi connectivity index (χ0) is 14.4. The molecule has 4 nitrogen and oxygen atoms in total. The van der Waals surface area contributed by atoms with Crippen molar-refractivity contribution in [2.24, 2.45) is 5.73 Å². The van der Waals surface area contributed by atoms with E-state index in [2.05, 4.69) is 17.2 Å². The van der Waals surface area contributed by atoms with E-state index in [1.807, 2.05) is 31.2 Å². The Kier molecular flexibility index (Phi) is 5.16. The van der Waals surface area contributed by atoms with E-state index in [1.54, 1.807) is 0 Å². The van der Waals surface area contributed by atoms with Gasteiger partial charge in [-0.3, -0.25) is 4.79 Å². The Balaban J connectivity index is 2.01. The number of carbonyl (C=O) groups is 1. The number of hydrogen-bond donors (Lipinski definition) is 2. The highest BCUT2D eigenvalue weighted by atomic mass is 16.5. The van der Waals surface area contributed by atoms with Gasteiger partial charge in [-0.05, 0) is 37.5 Å². The molecule has 1 aromatic rings. The van der Waals surface area contributed by atoms with E-state index in [1.165, 1.54) is 0 Å². The van der Waals surface area contributed by atoms with Crippen LogP contribution in [0.15, 0.2) is 24.3 Å². The molecule has 0 spiro atoms. The van der Waals surface area contributed by atoms with Crippen molar-refractivity contribution in [3.8, 4) is 11.8 Å². The van der Waals surface area contributed by atoms with Gasteiger partial charge in [-0.2, -0.15) is 0 Å². The highest BCUT2D eigenvalue weighted by Gasteiger charge is 2.24. The zero-order valence-electron chi connectivity index (χ0n) is 11.7. The molecular formula is C16H20N2O2. The van der Waals surface area contributed by atoms with Gasteiger partial charge in [0.15, 0.2) is 0 Å². The van der Waals surface area contributed by atoms with Crippen LogP contribution in [-0.4, -0.2) is 25.2 Å². The van der Waals surface area contributed by atoms with Gasteiger partial charge in [0.05, 0.1) is 12.6 Å².